The molecule has 104 valence electrons. The molecule has 0 bridgehead atoms. The second-order valence-electron chi connectivity index (χ2n) is 5.21. The van der Waals surface area contributed by atoms with Crippen molar-refractivity contribution in [1.29, 1.82) is 5.41 Å². The molecule has 1 aromatic carbocycles. The van der Waals surface area contributed by atoms with Crippen LogP contribution in [0.3, 0.4) is 0 Å². The lowest BCUT2D eigenvalue weighted by atomic mass is 9.96. The van der Waals surface area contributed by atoms with Gasteiger partial charge < -0.3 is 10.6 Å². The molecular formula is C15H22BrN3. The standard InChI is InChI=1S/C15H22BrN3/c1-2-5-12-6-3-4-9-19(12)14-10-11(16)7-8-13(14)15(17)18/h7-8,10,12H,2-6,9H2,1H3,(H3,17,18). The smallest absolute Gasteiger partial charge is 0.124 e. The Kier molecular flexibility index (Phi) is 4.86. The van der Waals surface area contributed by atoms with Crippen molar-refractivity contribution in [2.45, 2.75) is 45.1 Å². The van der Waals surface area contributed by atoms with Gasteiger partial charge in [0, 0.05) is 28.3 Å². The largest absolute Gasteiger partial charge is 0.384 e. The monoisotopic (exact) mass is 323 g/mol. The number of nitrogen functional groups attached to an aromatic ring is 1. The van der Waals surface area contributed by atoms with Gasteiger partial charge in [-0.15, -0.1) is 0 Å². The van der Waals surface area contributed by atoms with E-state index in [1.54, 1.807) is 0 Å². The van der Waals surface area contributed by atoms with Crippen LogP contribution in [0, 0.1) is 5.41 Å². The number of hydrogen-bond acceptors (Lipinski definition) is 2. The summed E-state index contributed by atoms with van der Waals surface area (Å²) in [5.41, 5.74) is 7.70. The Labute approximate surface area is 123 Å². The van der Waals surface area contributed by atoms with E-state index in [1.807, 2.05) is 12.1 Å². The highest BCUT2D eigenvalue weighted by Gasteiger charge is 2.24. The molecule has 1 aromatic rings. The topological polar surface area (TPSA) is 53.1 Å². The third-order valence-corrected chi connectivity index (χ3v) is 4.30. The maximum Gasteiger partial charge on any atom is 0.124 e. The summed E-state index contributed by atoms with van der Waals surface area (Å²) in [6.07, 6.45) is 6.20. The Hall–Kier alpha value is -1.03. The molecule has 0 saturated carbocycles. The quantitative estimate of drug-likeness (QED) is 0.652. The van der Waals surface area contributed by atoms with E-state index in [4.69, 9.17) is 11.1 Å². The predicted molar refractivity (Wildman–Crippen MR) is 85.1 cm³/mol. The molecule has 0 amide bonds. The number of anilines is 1. The lowest BCUT2D eigenvalue weighted by Gasteiger charge is -2.38. The summed E-state index contributed by atoms with van der Waals surface area (Å²) in [6.45, 7) is 3.31. The van der Waals surface area contributed by atoms with Gasteiger partial charge in [-0.25, -0.2) is 0 Å². The molecule has 1 atom stereocenters. The molecule has 19 heavy (non-hydrogen) atoms. The molecule has 1 heterocycles. The molecular weight excluding hydrogens is 302 g/mol. The number of benzene rings is 1. The fourth-order valence-corrected chi connectivity index (χ4v) is 3.27. The number of piperidine rings is 1. The van der Waals surface area contributed by atoms with Crippen LogP contribution in [0.4, 0.5) is 5.69 Å². The van der Waals surface area contributed by atoms with Crippen LogP contribution in [0.15, 0.2) is 22.7 Å². The summed E-state index contributed by atoms with van der Waals surface area (Å²) >= 11 is 3.53. The molecule has 1 aliphatic heterocycles. The zero-order chi connectivity index (χ0) is 13.8. The van der Waals surface area contributed by atoms with Crippen molar-refractivity contribution < 1.29 is 0 Å². The highest BCUT2D eigenvalue weighted by atomic mass is 79.9. The van der Waals surface area contributed by atoms with Crippen molar-refractivity contribution in [2.75, 3.05) is 11.4 Å². The van der Waals surface area contributed by atoms with Crippen LogP contribution in [0.2, 0.25) is 0 Å². The first-order valence-corrected chi connectivity index (χ1v) is 7.83. The molecule has 0 aliphatic carbocycles. The van der Waals surface area contributed by atoms with Gasteiger partial charge in [0.05, 0.1) is 0 Å². The van der Waals surface area contributed by atoms with Gasteiger partial charge in [-0.3, -0.25) is 5.41 Å². The summed E-state index contributed by atoms with van der Waals surface area (Å²) in [5.74, 6) is 0.156. The van der Waals surface area contributed by atoms with Crippen LogP contribution in [-0.2, 0) is 0 Å². The summed E-state index contributed by atoms with van der Waals surface area (Å²) in [5, 5.41) is 7.77. The van der Waals surface area contributed by atoms with Crippen LogP contribution in [0.5, 0.6) is 0 Å². The Morgan fingerprint density at radius 2 is 2.26 bits per heavy atom. The zero-order valence-electron chi connectivity index (χ0n) is 11.5. The van der Waals surface area contributed by atoms with E-state index in [0.717, 1.165) is 22.3 Å². The Morgan fingerprint density at radius 1 is 1.47 bits per heavy atom. The SMILES string of the molecule is CCCC1CCCCN1c1cc(Br)ccc1C(=N)N. The highest BCUT2D eigenvalue weighted by molar-refractivity contribution is 9.10. The normalized spacial score (nSPS) is 19.5. The minimum atomic E-state index is 0.156. The van der Waals surface area contributed by atoms with E-state index in [-0.39, 0.29) is 5.84 Å². The van der Waals surface area contributed by atoms with E-state index < -0.39 is 0 Å². The minimum absolute atomic E-state index is 0.156. The minimum Gasteiger partial charge on any atom is -0.384 e. The molecule has 4 heteroatoms. The molecule has 0 aromatic heterocycles. The predicted octanol–water partition coefficient (Wildman–Crippen LogP) is 3.89. The number of amidine groups is 1. The van der Waals surface area contributed by atoms with Crippen molar-refractivity contribution in [3.8, 4) is 0 Å². The maximum atomic E-state index is 7.77. The number of nitrogens with two attached hydrogens (primary N) is 1. The number of nitrogens with one attached hydrogen (secondary N) is 1. The highest BCUT2D eigenvalue weighted by Crippen LogP contribution is 2.32. The number of nitrogens with zero attached hydrogens (tertiary/aromatic N) is 1. The molecule has 2 rings (SSSR count). The van der Waals surface area contributed by atoms with E-state index in [1.165, 1.54) is 32.1 Å². The van der Waals surface area contributed by atoms with Gasteiger partial charge in [-0.2, -0.15) is 0 Å². The van der Waals surface area contributed by atoms with Crippen LogP contribution >= 0.6 is 15.9 Å². The molecule has 0 spiro atoms. The summed E-state index contributed by atoms with van der Waals surface area (Å²) in [7, 11) is 0. The first-order valence-electron chi connectivity index (χ1n) is 7.04. The van der Waals surface area contributed by atoms with E-state index in [2.05, 4.69) is 33.8 Å². The molecule has 1 aliphatic rings. The fraction of sp³-hybridized carbons (Fsp3) is 0.533. The van der Waals surface area contributed by atoms with Gasteiger partial charge in [0.15, 0.2) is 0 Å². The van der Waals surface area contributed by atoms with Gasteiger partial charge in [0.1, 0.15) is 5.84 Å². The average molecular weight is 324 g/mol. The third kappa shape index (κ3) is 3.30. The van der Waals surface area contributed by atoms with Crippen molar-refractivity contribution in [3.63, 3.8) is 0 Å². The van der Waals surface area contributed by atoms with E-state index in [9.17, 15) is 0 Å². The average Bonchev–Trinajstić information content (AvgIpc) is 2.39. The van der Waals surface area contributed by atoms with E-state index in [0.29, 0.717) is 6.04 Å². The van der Waals surface area contributed by atoms with Gasteiger partial charge in [0.2, 0.25) is 0 Å². The molecule has 1 fully saturated rings. The zero-order valence-corrected chi connectivity index (χ0v) is 13.0. The van der Waals surface area contributed by atoms with Crippen molar-refractivity contribution in [1.82, 2.24) is 0 Å². The van der Waals surface area contributed by atoms with E-state index >= 15 is 0 Å². The molecule has 0 radical (unpaired) electrons. The van der Waals surface area contributed by atoms with Crippen LogP contribution in [0.25, 0.3) is 0 Å². The summed E-state index contributed by atoms with van der Waals surface area (Å²) < 4.78 is 1.05. The number of hydrogen-bond donors (Lipinski definition) is 2. The second kappa shape index (κ2) is 6.42. The summed E-state index contributed by atoms with van der Waals surface area (Å²) in [6, 6.07) is 6.59. The first kappa shape index (κ1) is 14.4. The molecule has 1 unspecified atom stereocenters. The van der Waals surface area contributed by atoms with Crippen LogP contribution in [-0.4, -0.2) is 18.4 Å². The number of rotatable bonds is 4. The van der Waals surface area contributed by atoms with Crippen LogP contribution in [0.1, 0.15) is 44.6 Å². The second-order valence-corrected chi connectivity index (χ2v) is 6.12. The fourth-order valence-electron chi connectivity index (χ4n) is 2.92. The maximum absolute atomic E-state index is 7.77. The third-order valence-electron chi connectivity index (χ3n) is 3.81. The van der Waals surface area contributed by atoms with Gasteiger partial charge in [-0.05, 0) is 43.9 Å². The van der Waals surface area contributed by atoms with Crippen LogP contribution < -0.4 is 10.6 Å². The molecule has 3 N–H and O–H groups in total. The van der Waals surface area contributed by atoms with Gasteiger partial charge in [0.25, 0.3) is 0 Å². The number of halogens is 1. The lowest BCUT2D eigenvalue weighted by Crippen LogP contribution is -2.40. The lowest BCUT2D eigenvalue weighted by molar-refractivity contribution is 0.434. The van der Waals surface area contributed by atoms with Gasteiger partial charge >= 0.3 is 0 Å². The Morgan fingerprint density at radius 3 is 2.95 bits per heavy atom. The summed E-state index contributed by atoms with van der Waals surface area (Å²) in [4.78, 5) is 2.45. The molecule has 1 saturated heterocycles. The Balaban J connectivity index is 2.37. The van der Waals surface area contributed by atoms with Gasteiger partial charge in [-0.1, -0.05) is 29.3 Å². The Bertz CT molecular complexity index is 457. The molecule has 3 nitrogen and oxygen atoms in total. The van der Waals surface area contributed by atoms with Crippen molar-refractivity contribution >= 4 is 27.5 Å². The van der Waals surface area contributed by atoms with Crippen molar-refractivity contribution in [3.05, 3.63) is 28.2 Å². The van der Waals surface area contributed by atoms with Crippen molar-refractivity contribution in [2.24, 2.45) is 5.73 Å². The first-order chi connectivity index (χ1) is 9.13.